The second kappa shape index (κ2) is 6.70. The number of hydrogen-bond donors (Lipinski definition) is 2. The molecule has 21 heavy (non-hydrogen) atoms. The average Bonchev–Trinajstić information content (AvgIpc) is 2.96. The number of hydrogen-bond acceptors (Lipinski definition) is 6. The maximum Gasteiger partial charge on any atom is 0.162 e. The highest BCUT2D eigenvalue weighted by molar-refractivity contribution is 7.14. The first-order valence-electron chi connectivity index (χ1n) is 6.95. The van der Waals surface area contributed by atoms with Gasteiger partial charge >= 0.3 is 0 Å². The lowest BCUT2D eigenvalue weighted by atomic mass is 10.1. The summed E-state index contributed by atoms with van der Waals surface area (Å²) in [7, 11) is 3.91. The van der Waals surface area contributed by atoms with Gasteiger partial charge in [-0.15, -0.1) is 11.3 Å². The van der Waals surface area contributed by atoms with Crippen LogP contribution < -0.4 is 5.32 Å². The predicted molar refractivity (Wildman–Crippen MR) is 85.4 cm³/mol. The molecule has 2 rings (SSSR count). The van der Waals surface area contributed by atoms with Crippen LogP contribution in [0, 0.1) is 6.92 Å². The van der Waals surface area contributed by atoms with E-state index in [2.05, 4.69) is 10.3 Å². The number of rotatable bonds is 7. The zero-order valence-electron chi connectivity index (χ0n) is 13.0. The quantitative estimate of drug-likeness (QED) is 0.820. The number of nitrogens with zero attached hydrogens (tertiary/aromatic N) is 2. The van der Waals surface area contributed by atoms with Crippen molar-refractivity contribution in [3.05, 3.63) is 29.0 Å². The van der Waals surface area contributed by atoms with E-state index in [0.29, 0.717) is 19.6 Å². The summed E-state index contributed by atoms with van der Waals surface area (Å²) in [6.45, 7) is 5.62. The minimum atomic E-state index is -0.741. The van der Waals surface area contributed by atoms with Crippen LogP contribution in [0.3, 0.4) is 0 Å². The van der Waals surface area contributed by atoms with Crippen LogP contribution in [0.2, 0.25) is 0 Å². The van der Waals surface area contributed by atoms with Gasteiger partial charge in [0.05, 0.1) is 5.60 Å². The largest absolute Gasteiger partial charge is 0.459 e. The Hall–Kier alpha value is -1.21. The monoisotopic (exact) mass is 309 g/mol. The molecule has 116 valence electrons. The third-order valence-corrected chi connectivity index (χ3v) is 3.98. The number of aromatic nitrogens is 1. The minimum Gasteiger partial charge on any atom is -0.459 e. The minimum absolute atomic E-state index is 0.540. The molecule has 0 spiro atoms. The standard InChI is InChI=1S/C15H23N3O2S/c1-11-5-6-13(20-11)14-17-8-12(21-14)7-16-9-15(2,19)10-18(3)4/h5-6,8,16,19H,7,9-10H2,1-4H3. The smallest absolute Gasteiger partial charge is 0.162 e. The molecular weight excluding hydrogens is 286 g/mol. The van der Waals surface area contributed by atoms with Crippen LogP contribution in [0.1, 0.15) is 17.6 Å². The first kappa shape index (κ1) is 16.2. The fraction of sp³-hybridized carbons (Fsp3) is 0.533. The normalized spacial score (nSPS) is 14.6. The van der Waals surface area contributed by atoms with E-state index in [1.165, 1.54) is 0 Å². The number of aryl methyl sites for hydroxylation is 1. The Morgan fingerprint density at radius 1 is 1.43 bits per heavy atom. The number of likely N-dealkylation sites (N-methyl/N-ethyl adjacent to an activating group) is 1. The second-order valence-electron chi connectivity index (χ2n) is 5.88. The highest BCUT2D eigenvalue weighted by Gasteiger charge is 2.20. The Bertz CT molecular complexity index is 575. The summed E-state index contributed by atoms with van der Waals surface area (Å²) in [5.41, 5.74) is -0.741. The maximum atomic E-state index is 10.2. The topological polar surface area (TPSA) is 61.5 Å². The summed E-state index contributed by atoms with van der Waals surface area (Å²) in [5, 5.41) is 14.4. The number of nitrogens with one attached hydrogen (secondary N) is 1. The fourth-order valence-corrected chi connectivity index (χ4v) is 3.09. The van der Waals surface area contributed by atoms with Gasteiger partial charge < -0.3 is 19.7 Å². The van der Waals surface area contributed by atoms with Crippen molar-refractivity contribution in [2.45, 2.75) is 26.0 Å². The lowest BCUT2D eigenvalue weighted by molar-refractivity contribution is 0.0336. The van der Waals surface area contributed by atoms with Crippen LogP contribution in [0.15, 0.2) is 22.7 Å². The molecular formula is C15H23N3O2S. The summed E-state index contributed by atoms with van der Waals surface area (Å²) >= 11 is 1.60. The van der Waals surface area contributed by atoms with Crippen LogP contribution in [0.4, 0.5) is 0 Å². The van der Waals surface area contributed by atoms with Crippen molar-refractivity contribution in [3.63, 3.8) is 0 Å². The molecule has 1 unspecified atom stereocenters. The molecule has 0 fully saturated rings. The van der Waals surface area contributed by atoms with Crippen molar-refractivity contribution in [1.82, 2.24) is 15.2 Å². The molecule has 0 aliphatic heterocycles. The summed E-state index contributed by atoms with van der Waals surface area (Å²) in [5.74, 6) is 1.70. The molecule has 0 saturated carbocycles. The Kier molecular flexibility index (Phi) is 5.16. The van der Waals surface area contributed by atoms with Crippen LogP contribution in [-0.4, -0.2) is 47.8 Å². The van der Waals surface area contributed by atoms with Crippen molar-refractivity contribution >= 4 is 11.3 Å². The van der Waals surface area contributed by atoms with E-state index >= 15 is 0 Å². The van der Waals surface area contributed by atoms with E-state index in [0.717, 1.165) is 21.4 Å². The highest BCUT2D eigenvalue weighted by Crippen LogP contribution is 2.26. The van der Waals surface area contributed by atoms with Gasteiger partial charge in [-0.2, -0.15) is 0 Å². The molecule has 0 aromatic carbocycles. The van der Waals surface area contributed by atoms with E-state index in [1.54, 1.807) is 11.3 Å². The highest BCUT2D eigenvalue weighted by atomic mass is 32.1. The van der Waals surface area contributed by atoms with Crippen molar-refractivity contribution in [2.75, 3.05) is 27.2 Å². The second-order valence-corrected chi connectivity index (χ2v) is 7.00. The van der Waals surface area contributed by atoms with Gasteiger partial charge in [0, 0.05) is 30.7 Å². The Balaban J connectivity index is 1.86. The van der Waals surface area contributed by atoms with E-state index in [9.17, 15) is 5.11 Å². The molecule has 0 aliphatic rings. The summed E-state index contributed by atoms with van der Waals surface area (Å²) in [4.78, 5) is 7.48. The van der Waals surface area contributed by atoms with Gasteiger partial charge in [-0.25, -0.2) is 4.98 Å². The summed E-state index contributed by atoms with van der Waals surface area (Å²) in [6, 6.07) is 3.88. The van der Waals surface area contributed by atoms with Crippen LogP contribution in [0.5, 0.6) is 0 Å². The Morgan fingerprint density at radius 3 is 2.81 bits per heavy atom. The van der Waals surface area contributed by atoms with Crippen molar-refractivity contribution in [2.24, 2.45) is 0 Å². The predicted octanol–water partition coefficient (Wildman–Crippen LogP) is 2.11. The number of furan rings is 1. The SMILES string of the molecule is Cc1ccc(-c2ncc(CNCC(C)(O)CN(C)C)s2)o1. The Labute approximate surface area is 129 Å². The van der Waals surface area contributed by atoms with Gasteiger partial charge in [0.2, 0.25) is 0 Å². The van der Waals surface area contributed by atoms with Gasteiger partial charge in [0.25, 0.3) is 0 Å². The molecule has 5 nitrogen and oxygen atoms in total. The third-order valence-electron chi connectivity index (χ3n) is 2.97. The summed E-state index contributed by atoms with van der Waals surface area (Å²) < 4.78 is 5.57. The lowest BCUT2D eigenvalue weighted by Gasteiger charge is -2.27. The van der Waals surface area contributed by atoms with Gasteiger partial charge in [0.1, 0.15) is 5.76 Å². The van der Waals surface area contributed by atoms with E-state index in [-0.39, 0.29) is 0 Å². The number of aliphatic hydroxyl groups is 1. The average molecular weight is 309 g/mol. The van der Waals surface area contributed by atoms with E-state index in [4.69, 9.17) is 4.42 Å². The van der Waals surface area contributed by atoms with E-state index < -0.39 is 5.60 Å². The molecule has 2 aromatic heterocycles. The van der Waals surface area contributed by atoms with Crippen molar-refractivity contribution in [1.29, 1.82) is 0 Å². The van der Waals surface area contributed by atoms with Gasteiger partial charge in [-0.1, -0.05) is 0 Å². The zero-order chi connectivity index (χ0) is 15.5. The Morgan fingerprint density at radius 2 is 2.19 bits per heavy atom. The molecule has 6 heteroatoms. The van der Waals surface area contributed by atoms with Gasteiger partial charge in [-0.3, -0.25) is 0 Å². The molecule has 1 atom stereocenters. The van der Waals surface area contributed by atoms with Crippen LogP contribution >= 0.6 is 11.3 Å². The molecule has 0 aliphatic carbocycles. The lowest BCUT2D eigenvalue weighted by Crippen LogP contribution is -2.45. The molecule has 2 aromatic rings. The van der Waals surface area contributed by atoms with Gasteiger partial charge in [-0.05, 0) is 40.1 Å². The maximum absolute atomic E-state index is 10.2. The van der Waals surface area contributed by atoms with Crippen molar-refractivity contribution in [3.8, 4) is 10.8 Å². The van der Waals surface area contributed by atoms with E-state index in [1.807, 2.05) is 51.2 Å². The summed E-state index contributed by atoms with van der Waals surface area (Å²) in [6.07, 6.45) is 1.85. The first-order chi connectivity index (χ1) is 9.85. The van der Waals surface area contributed by atoms with Crippen LogP contribution in [-0.2, 0) is 6.54 Å². The van der Waals surface area contributed by atoms with Gasteiger partial charge in [0.15, 0.2) is 10.8 Å². The zero-order valence-corrected chi connectivity index (χ0v) is 13.8. The molecule has 2 N–H and O–H groups in total. The third kappa shape index (κ3) is 4.93. The van der Waals surface area contributed by atoms with Crippen LogP contribution in [0.25, 0.3) is 10.8 Å². The molecule has 0 radical (unpaired) electrons. The first-order valence-corrected chi connectivity index (χ1v) is 7.77. The fourth-order valence-electron chi connectivity index (χ4n) is 2.24. The molecule has 0 bridgehead atoms. The molecule has 2 heterocycles. The number of thiazole rings is 1. The molecule has 0 saturated heterocycles. The van der Waals surface area contributed by atoms with Crippen molar-refractivity contribution < 1.29 is 9.52 Å². The molecule has 0 amide bonds.